The van der Waals surface area contributed by atoms with Gasteiger partial charge in [0, 0.05) is 0 Å². The van der Waals surface area contributed by atoms with Crippen LogP contribution < -0.4 is 0 Å². The molecule has 1 nitrogen and oxygen atoms in total. The maximum atomic E-state index is 13.3. The molecule has 4 aliphatic carbocycles. The monoisotopic (exact) mass is 560 g/mol. The van der Waals surface area contributed by atoms with Crippen LogP contribution in [-0.4, -0.2) is 5.78 Å². The average Bonchev–Trinajstić information content (AvgIpc) is 3.71. The molecule has 0 radical (unpaired) electrons. The zero-order chi connectivity index (χ0) is 30.8. The highest BCUT2D eigenvalue weighted by Crippen LogP contribution is 2.60. The molecule has 0 N–H and O–H groups in total. The maximum absolute atomic E-state index is 13.3. The number of carbonyl (C=O) groups is 1. The predicted octanol–water partition coefficient (Wildman–Crippen LogP) is 12.2. The first-order valence-electron chi connectivity index (χ1n) is 17.1. The van der Waals surface area contributed by atoms with Gasteiger partial charge in [-0.2, -0.15) is 0 Å². The number of hydrogen-bond donors (Lipinski definition) is 0. The van der Waals surface area contributed by atoms with Gasteiger partial charge in [-0.25, -0.2) is 0 Å². The number of carbonyl (C=O) groups excluding carboxylic acids is 1. The Labute approximate surface area is 255 Å². The van der Waals surface area contributed by atoms with E-state index in [1.807, 2.05) is 19.9 Å². The fourth-order valence-electron chi connectivity index (χ4n) is 8.38. The SMILES string of the molecule is C=C.C=C1C(C)CC(=C/C=C2\CCCC3(C)C([C@H](C)/C=C/C(=O)C4(C(=C)CCCCC)CC4)CC[C@@H]23)CC1C.CC. The Hall–Kier alpha value is -1.89. The fraction of sp³-hybridized carbons (Fsp3) is 0.675. The van der Waals surface area contributed by atoms with E-state index in [0.717, 1.165) is 19.3 Å². The Bertz CT molecular complexity index is 968. The first-order valence-corrected chi connectivity index (χ1v) is 17.1. The molecule has 4 saturated carbocycles. The minimum absolute atomic E-state index is 0.221. The van der Waals surface area contributed by atoms with Crippen molar-refractivity contribution in [1.82, 2.24) is 0 Å². The van der Waals surface area contributed by atoms with E-state index < -0.39 is 0 Å². The average molecular weight is 561 g/mol. The van der Waals surface area contributed by atoms with Crippen molar-refractivity contribution in [3.8, 4) is 0 Å². The Morgan fingerprint density at radius 2 is 1.66 bits per heavy atom. The van der Waals surface area contributed by atoms with Crippen LogP contribution in [0.3, 0.4) is 0 Å². The Morgan fingerprint density at radius 3 is 2.24 bits per heavy atom. The zero-order valence-electron chi connectivity index (χ0n) is 28.1. The van der Waals surface area contributed by atoms with Gasteiger partial charge in [-0.3, -0.25) is 4.79 Å². The maximum Gasteiger partial charge on any atom is 0.165 e. The van der Waals surface area contributed by atoms with E-state index in [4.69, 9.17) is 0 Å². The van der Waals surface area contributed by atoms with Crippen molar-refractivity contribution in [1.29, 1.82) is 0 Å². The number of fused-ring (bicyclic) bond motifs is 1. The van der Waals surface area contributed by atoms with Crippen molar-refractivity contribution in [3.05, 3.63) is 72.9 Å². The van der Waals surface area contributed by atoms with Gasteiger partial charge in [0.05, 0.1) is 5.41 Å². The predicted molar refractivity (Wildman–Crippen MR) is 182 cm³/mol. The van der Waals surface area contributed by atoms with E-state index in [2.05, 4.69) is 79.2 Å². The lowest BCUT2D eigenvalue weighted by atomic mass is 9.61. The summed E-state index contributed by atoms with van der Waals surface area (Å²) in [6.07, 6.45) is 24.8. The minimum Gasteiger partial charge on any atom is -0.294 e. The van der Waals surface area contributed by atoms with E-state index in [-0.39, 0.29) is 5.41 Å². The molecule has 0 saturated heterocycles. The molecule has 230 valence electrons. The van der Waals surface area contributed by atoms with Gasteiger partial charge in [-0.15, -0.1) is 13.2 Å². The highest BCUT2D eigenvalue weighted by molar-refractivity contribution is 5.99. The Morgan fingerprint density at radius 1 is 1.02 bits per heavy atom. The van der Waals surface area contributed by atoms with Crippen LogP contribution in [-0.2, 0) is 4.79 Å². The molecule has 0 amide bonds. The topological polar surface area (TPSA) is 17.1 Å². The first-order chi connectivity index (χ1) is 19.6. The largest absolute Gasteiger partial charge is 0.294 e. The van der Waals surface area contributed by atoms with Gasteiger partial charge in [-0.05, 0) is 112 Å². The summed E-state index contributed by atoms with van der Waals surface area (Å²) in [7, 11) is 0. The summed E-state index contributed by atoms with van der Waals surface area (Å²) in [4.78, 5) is 13.3. The van der Waals surface area contributed by atoms with E-state index >= 15 is 0 Å². The molecule has 41 heavy (non-hydrogen) atoms. The highest BCUT2D eigenvalue weighted by Gasteiger charge is 2.51. The second kappa shape index (κ2) is 16.1. The Balaban J connectivity index is 0.00000141. The molecule has 0 aromatic heterocycles. The molecule has 1 heteroatoms. The summed E-state index contributed by atoms with van der Waals surface area (Å²) in [6, 6.07) is 0. The van der Waals surface area contributed by atoms with E-state index in [9.17, 15) is 4.79 Å². The van der Waals surface area contributed by atoms with E-state index in [0.29, 0.717) is 40.8 Å². The van der Waals surface area contributed by atoms with Crippen LogP contribution in [0.15, 0.2) is 72.9 Å². The third-order valence-electron chi connectivity index (χ3n) is 11.1. The van der Waals surface area contributed by atoms with Crippen LogP contribution >= 0.6 is 0 Å². The lowest BCUT2D eigenvalue weighted by molar-refractivity contribution is -0.118. The zero-order valence-corrected chi connectivity index (χ0v) is 28.1. The second-order valence-electron chi connectivity index (χ2n) is 13.7. The van der Waals surface area contributed by atoms with Crippen molar-refractivity contribution in [2.45, 2.75) is 132 Å². The molecule has 0 spiro atoms. The van der Waals surface area contributed by atoms with Crippen molar-refractivity contribution in [2.24, 2.45) is 40.4 Å². The highest BCUT2D eigenvalue weighted by atomic mass is 16.1. The van der Waals surface area contributed by atoms with Gasteiger partial charge >= 0.3 is 0 Å². The quantitative estimate of drug-likeness (QED) is 0.147. The van der Waals surface area contributed by atoms with Gasteiger partial charge in [0.1, 0.15) is 0 Å². The van der Waals surface area contributed by atoms with Crippen LogP contribution in [0.4, 0.5) is 0 Å². The fourth-order valence-corrected chi connectivity index (χ4v) is 8.38. The third kappa shape index (κ3) is 8.14. The molecule has 0 aliphatic heterocycles. The number of ketones is 1. The van der Waals surface area contributed by atoms with Gasteiger partial charge in [0.2, 0.25) is 0 Å². The molecule has 0 aromatic rings. The summed E-state index contributed by atoms with van der Waals surface area (Å²) in [5.74, 6) is 3.37. The van der Waals surface area contributed by atoms with Crippen LogP contribution in [0.1, 0.15) is 132 Å². The lowest BCUT2D eigenvalue weighted by Crippen LogP contribution is -2.35. The summed E-state index contributed by atoms with van der Waals surface area (Å²) in [6.45, 7) is 30.5. The molecule has 6 atom stereocenters. The van der Waals surface area contributed by atoms with Crippen LogP contribution in [0.25, 0.3) is 0 Å². The molecular weight excluding hydrogens is 496 g/mol. The molecule has 4 rings (SSSR count). The number of allylic oxidation sites excluding steroid dienone is 8. The van der Waals surface area contributed by atoms with E-state index in [1.165, 1.54) is 75.4 Å². The second-order valence-corrected chi connectivity index (χ2v) is 13.7. The van der Waals surface area contributed by atoms with Crippen molar-refractivity contribution < 1.29 is 4.79 Å². The molecule has 4 aliphatic rings. The van der Waals surface area contributed by atoms with Gasteiger partial charge < -0.3 is 0 Å². The van der Waals surface area contributed by atoms with Crippen molar-refractivity contribution >= 4 is 5.78 Å². The third-order valence-corrected chi connectivity index (χ3v) is 11.1. The number of rotatable bonds is 10. The van der Waals surface area contributed by atoms with Crippen LogP contribution in [0, 0.1) is 40.4 Å². The Kier molecular flexibility index (Phi) is 13.9. The first kappa shape index (κ1) is 35.3. The van der Waals surface area contributed by atoms with Crippen molar-refractivity contribution in [3.63, 3.8) is 0 Å². The summed E-state index contributed by atoms with van der Waals surface area (Å²) < 4.78 is 0. The number of hydrogen-bond acceptors (Lipinski definition) is 1. The molecule has 0 heterocycles. The van der Waals surface area contributed by atoms with Gasteiger partial charge in [-0.1, -0.05) is 115 Å². The standard InChI is InChI=1S/C36H54O.C2H6.C2H4/c1-8-9-10-12-28(5)36(21-22-36)34(37)19-14-25(2)32-17-18-33-31(13-11-20-35(32,33)7)16-15-30-23-26(3)29(6)27(4)24-30;2*1-2/h14-16,19,25-27,32-33H,5-6,8-13,17-18,20-24H2,1-4,7H3;1-2H3;1-2H2/b19-14+,30-15?,31-16+;;/t25-,26?,27?,32?,33+,35?;;/m1../s1. The van der Waals surface area contributed by atoms with Crippen LogP contribution in [0.2, 0.25) is 0 Å². The summed E-state index contributed by atoms with van der Waals surface area (Å²) in [5.41, 5.74) is 6.07. The smallest absolute Gasteiger partial charge is 0.165 e. The minimum atomic E-state index is -0.221. The molecule has 4 unspecified atom stereocenters. The van der Waals surface area contributed by atoms with Gasteiger partial charge in [0.15, 0.2) is 5.78 Å². The van der Waals surface area contributed by atoms with Crippen molar-refractivity contribution in [2.75, 3.05) is 0 Å². The van der Waals surface area contributed by atoms with Crippen LogP contribution in [0.5, 0.6) is 0 Å². The number of unbranched alkanes of at least 4 members (excludes halogenated alkanes) is 2. The molecule has 0 aromatic carbocycles. The van der Waals surface area contributed by atoms with E-state index in [1.54, 1.807) is 11.1 Å². The molecular formula is C40H64O. The van der Waals surface area contributed by atoms with Gasteiger partial charge in [0.25, 0.3) is 0 Å². The molecule has 4 fully saturated rings. The lowest BCUT2D eigenvalue weighted by Gasteiger charge is -2.44. The summed E-state index contributed by atoms with van der Waals surface area (Å²) >= 11 is 0. The molecule has 0 bridgehead atoms. The summed E-state index contributed by atoms with van der Waals surface area (Å²) in [5, 5.41) is 0. The normalized spacial score (nSPS) is 31.8.